The highest BCUT2D eigenvalue weighted by molar-refractivity contribution is 6.32. The van der Waals surface area contributed by atoms with Crippen LogP contribution in [0.3, 0.4) is 0 Å². The fourth-order valence-electron chi connectivity index (χ4n) is 1.43. The average molecular weight is 298 g/mol. The van der Waals surface area contributed by atoms with Gasteiger partial charge in [-0.3, -0.25) is 0 Å². The van der Waals surface area contributed by atoms with Crippen molar-refractivity contribution in [2.24, 2.45) is 0 Å². The summed E-state index contributed by atoms with van der Waals surface area (Å²) >= 11 is 5.96. The first-order valence-corrected chi connectivity index (χ1v) is 6.77. The minimum Gasteiger partial charge on any atom is -0.508 e. The summed E-state index contributed by atoms with van der Waals surface area (Å²) in [4.78, 5) is 11.4. The Morgan fingerprint density at radius 2 is 2.15 bits per heavy atom. The Bertz CT molecular complexity index is 492. The van der Waals surface area contributed by atoms with Gasteiger partial charge in [-0.15, -0.1) is 0 Å². The molecule has 0 aliphatic heterocycles. The number of aromatic hydroxyl groups is 1. The molecule has 0 bridgehead atoms. The molecule has 0 aliphatic carbocycles. The maximum absolute atomic E-state index is 11.4. The number of hydrogen-bond acceptors (Lipinski definition) is 3. The quantitative estimate of drug-likeness (QED) is 0.827. The topological polar surface area (TPSA) is 58.6 Å². The Labute approximate surface area is 124 Å². The number of carbonyl (C=O) groups is 1. The number of nitrogens with one attached hydrogen (secondary N) is 1. The normalized spacial score (nSPS) is 11.6. The summed E-state index contributed by atoms with van der Waals surface area (Å²) in [6.07, 6.45) is 3.98. The molecule has 0 spiro atoms. The number of alkyl carbamates (subject to hydrolysis) is 1. The molecule has 0 heterocycles. The van der Waals surface area contributed by atoms with E-state index in [1.165, 1.54) is 6.07 Å². The van der Waals surface area contributed by atoms with E-state index < -0.39 is 11.7 Å². The van der Waals surface area contributed by atoms with Gasteiger partial charge >= 0.3 is 6.09 Å². The van der Waals surface area contributed by atoms with Crippen molar-refractivity contribution in [3.63, 3.8) is 0 Å². The van der Waals surface area contributed by atoms with Crippen molar-refractivity contribution >= 4 is 23.8 Å². The first-order chi connectivity index (χ1) is 9.28. The Morgan fingerprint density at radius 1 is 1.45 bits per heavy atom. The smallest absolute Gasteiger partial charge is 0.407 e. The molecular formula is C15H20ClNO3. The lowest BCUT2D eigenvalue weighted by Crippen LogP contribution is -2.32. The van der Waals surface area contributed by atoms with Crippen molar-refractivity contribution in [1.29, 1.82) is 0 Å². The highest BCUT2D eigenvalue weighted by Crippen LogP contribution is 2.22. The van der Waals surface area contributed by atoms with Gasteiger partial charge in [0.15, 0.2) is 0 Å². The van der Waals surface area contributed by atoms with E-state index in [1.807, 2.05) is 32.9 Å². The van der Waals surface area contributed by atoms with E-state index in [9.17, 15) is 9.90 Å². The lowest BCUT2D eigenvalue weighted by molar-refractivity contribution is 0.0529. The van der Waals surface area contributed by atoms with E-state index in [1.54, 1.807) is 12.1 Å². The van der Waals surface area contributed by atoms with Gasteiger partial charge in [0.2, 0.25) is 0 Å². The number of ether oxygens (including phenoxy) is 1. The number of phenolic OH excluding ortho intramolecular Hbond substituents is 1. The molecule has 110 valence electrons. The zero-order valence-electron chi connectivity index (χ0n) is 11.9. The fourth-order valence-corrected chi connectivity index (χ4v) is 1.67. The second-order valence-corrected chi connectivity index (χ2v) is 5.73. The van der Waals surface area contributed by atoms with Crippen LogP contribution in [-0.4, -0.2) is 23.3 Å². The highest BCUT2D eigenvalue weighted by atomic mass is 35.5. The maximum atomic E-state index is 11.4. The molecule has 1 rings (SSSR count). The molecule has 4 nitrogen and oxygen atoms in total. The van der Waals surface area contributed by atoms with Crippen LogP contribution < -0.4 is 5.32 Å². The van der Waals surface area contributed by atoms with Gasteiger partial charge in [0, 0.05) is 6.54 Å². The average Bonchev–Trinajstić information content (AvgIpc) is 2.28. The molecule has 0 fully saturated rings. The van der Waals surface area contributed by atoms with Crippen LogP contribution in [0, 0.1) is 0 Å². The van der Waals surface area contributed by atoms with Gasteiger partial charge in [-0.1, -0.05) is 23.8 Å². The van der Waals surface area contributed by atoms with Crippen LogP contribution >= 0.6 is 11.6 Å². The molecule has 0 aliphatic rings. The standard InChI is InChI=1S/C15H20ClNO3/c1-15(2,3)20-14(19)17-9-5-4-6-11-7-8-12(18)10-13(11)16/h4,6-8,10,18H,5,9H2,1-3H3,(H,17,19). The SMILES string of the molecule is CC(C)(C)OC(=O)NCCC=Cc1ccc(O)cc1Cl. The van der Waals surface area contributed by atoms with Crippen LogP contribution in [-0.2, 0) is 4.74 Å². The zero-order valence-corrected chi connectivity index (χ0v) is 12.7. The van der Waals surface area contributed by atoms with Crippen molar-refractivity contribution in [2.75, 3.05) is 6.54 Å². The van der Waals surface area contributed by atoms with Crippen LogP contribution in [0.15, 0.2) is 24.3 Å². The molecule has 2 N–H and O–H groups in total. The second-order valence-electron chi connectivity index (χ2n) is 5.33. The molecule has 0 aromatic heterocycles. The second kappa shape index (κ2) is 7.20. The van der Waals surface area contributed by atoms with E-state index >= 15 is 0 Å². The number of phenols is 1. The third kappa shape index (κ3) is 6.48. The summed E-state index contributed by atoms with van der Waals surface area (Å²) in [5.74, 6) is 0.138. The Hall–Kier alpha value is -1.68. The van der Waals surface area contributed by atoms with Crippen molar-refractivity contribution in [1.82, 2.24) is 5.32 Å². The molecule has 20 heavy (non-hydrogen) atoms. The fraction of sp³-hybridized carbons (Fsp3) is 0.400. The number of hydrogen-bond donors (Lipinski definition) is 2. The lowest BCUT2D eigenvalue weighted by atomic mass is 10.2. The third-order valence-corrected chi connectivity index (χ3v) is 2.59. The molecule has 0 atom stereocenters. The van der Waals surface area contributed by atoms with E-state index in [0.29, 0.717) is 18.0 Å². The van der Waals surface area contributed by atoms with Crippen molar-refractivity contribution in [3.8, 4) is 5.75 Å². The van der Waals surface area contributed by atoms with Crippen LogP contribution in [0.25, 0.3) is 6.08 Å². The third-order valence-electron chi connectivity index (χ3n) is 2.26. The first kappa shape index (κ1) is 16.4. The van der Waals surface area contributed by atoms with E-state index in [0.717, 1.165) is 5.56 Å². The van der Waals surface area contributed by atoms with Crippen LogP contribution in [0.4, 0.5) is 4.79 Å². The Kier molecular flexibility index (Phi) is 5.89. The number of carbonyl (C=O) groups excluding carboxylic acids is 1. The van der Waals surface area contributed by atoms with Gasteiger partial charge in [0.1, 0.15) is 11.4 Å². The minimum absolute atomic E-state index is 0.138. The van der Waals surface area contributed by atoms with Crippen LogP contribution in [0.1, 0.15) is 32.8 Å². The summed E-state index contributed by atoms with van der Waals surface area (Å²) < 4.78 is 5.11. The summed E-state index contributed by atoms with van der Waals surface area (Å²) in [6, 6.07) is 4.79. The number of halogens is 1. The predicted molar refractivity (Wildman–Crippen MR) is 81.0 cm³/mol. The van der Waals surface area contributed by atoms with Gasteiger partial charge in [-0.25, -0.2) is 4.79 Å². The predicted octanol–water partition coefficient (Wildman–Crippen LogP) is 3.97. The molecule has 1 amide bonds. The van der Waals surface area contributed by atoms with Gasteiger partial charge in [-0.2, -0.15) is 0 Å². The van der Waals surface area contributed by atoms with Crippen LogP contribution in [0.2, 0.25) is 5.02 Å². The number of benzene rings is 1. The molecule has 0 saturated carbocycles. The molecule has 0 radical (unpaired) electrons. The molecular weight excluding hydrogens is 278 g/mol. The Morgan fingerprint density at radius 3 is 2.75 bits per heavy atom. The van der Waals surface area contributed by atoms with Gasteiger partial charge in [0.05, 0.1) is 5.02 Å². The highest BCUT2D eigenvalue weighted by Gasteiger charge is 2.15. The summed E-state index contributed by atoms with van der Waals surface area (Å²) in [5.41, 5.74) is 0.334. The largest absolute Gasteiger partial charge is 0.508 e. The van der Waals surface area contributed by atoms with E-state index in [-0.39, 0.29) is 5.75 Å². The van der Waals surface area contributed by atoms with Gasteiger partial charge in [-0.05, 0) is 51.0 Å². The first-order valence-electron chi connectivity index (χ1n) is 6.40. The Balaban J connectivity index is 2.34. The monoisotopic (exact) mass is 297 g/mol. The summed E-state index contributed by atoms with van der Waals surface area (Å²) in [6.45, 7) is 5.94. The van der Waals surface area contributed by atoms with Crippen molar-refractivity contribution < 1.29 is 14.6 Å². The summed E-state index contributed by atoms with van der Waals surface area (Å²) in [5, 5.41) is 12.4. The lowest BCUT2D eigenvalue weighted by Gasteiger charge is -2.19. The van der Waals surface area contributed by atoms with E-state index in [4.69, 9.17) is 16.3 Å². The zero-order chi connectivity index (χ0) is 15.2. The summed E-state index contributed by atoms with van der Waals surface area (Å²) in [7, 11) is 0. The molecule has 0 saturated heterocycles. The molecule has 5 heteroatoms. The molecule has 1 aromatic rings. The molecule has 1 aromatic carbocycles. The van der Waals surface area contributed by atoms with Gasteiger partial charge in [0.25, 0.3) is 0 Å². The number of amides is 1. The van der Waals surface area contributed by atoms with Gasteiger partial charge < -0.3 is 15.2 Å². The van der Waals surface area contributed by atoms with Crippen molar-refractivity contribution in [2.45, 2.75) is 32.8 Å². The van der Waals surface area contributed by atoms with Crippen molar-refractivity contribution in [3.05, 3.63) is 34.9 Å². The van der Waals surface area contributed by atoms with E-state index in [2.05, 4.69) is 5.32 Å². The van der Waals surface area contributed by atoms with Crippen LogP contribution in [0.5, 0.6) is 5.75 Å². The number of rotatable bonds is 4. The molecule has 0 unspecified atom stereocenters. The maximum Gasteiger partial charge on any atom is 0.407 e. The minimum atomic E-state index is -0.487.